The Hall–Kier alpha value is -1.41. The Bertz CT molecular complexity index is 440. The van der Waals surface area contributed by atoms with E-state index >= 15 is 0 Å². The first-order valence-corrected chi connectivity index (χ1v) is 9.41. The fourth-order valence-corrected chi connectivity index (χ4v) is 1.97. The first kappa shape index (κ1) is 24.8. The van der Waals surface area contributed by atoms with Gasteiger partial charge in [0, 0.05) is 18.5 Å². The van der Waals surface area contributed by atoms with Crippen molar-refractivity contribution in [3.8, 4) is 0 Å². The zero-order valence-corrected chi connectivity index (χ0v) is 17.3. The third-order valence-electron chi connectivity index (χ3n) is 3.20. The SMILES string of the molecule is CC.CC.CC=NC(CCCCOCc1ccc(C)cc1)=C(C)C. The van der Waals surface area contributed by atoms with Crippen LogP contribution in [0.1, 0.15) is 78.9 Å². The van der Waals surface area contributed by atoms with Crippen LogP contribution in [0.25, 0.3) is 0 Å². The van der Waals surface area contributed by atoms with Gasteiger partial charge in [-0.2, -0.15) is 0 Å². The molecule has 0 N–H and O–H groups in total. The molecule has 0 amide bonds. The van der Waals surface area contributed by atoms with Crippen LogP contribution in [0.5, 0.6) is 0 Å². The molecule has 1 rings (SSSR count). The summed E-state index contributed by atoms with van der Waals surface area (Å²) < 4.78 is 5.71. The lowest BCUT2D eigenvalue weighted by Crippen LogP contribution is -1.96. The van der Waals surface area contributed by atoms with Crippen LogP contribution in [-0.2, 0) is 11.3 Å². The molecule has 0 saturated heterocycles. The quantitative estimate of drug-likeness (QED) is 0.366. The summed E-state index contributed by atoms with van der Waals surface area (Å²) in [7, 11) is 0. The van der Waals surface area contributed by atoms with E-state index in [1.807, 2.05) is 40.8 Å². The van der Waals surface area contributed by atoms with Gasteiger partial charge in [0.25, 0.3) is 0 Å². The van der Waals surface area contributed by atoms with E-state index in [9.17, 15) is 0 Å². The number of hydrogen-bond donors (Lipinski definition) is 0. The van der Waals surface area contributed by atoms with Crippen LogP contribution < -0.4 is 0 Å². The lowest BCUT2D eigenvalue weighted by molar-refractivity contribution is 0.117. The van der Waals surface area contributed by atoms with Crippen molar-refractivity contribution in [2.45, 2.75) is 81.3 Å². The fourth-order valence-electron chi connectivity index (χ4n) is 1.97. The third-order valence-corrected chi connectivity index (χ3v) is 3.20. The van der Waals surface area contributed by atoms with Gasteiger partial charge >= 0.3 is 0 Å². The van der Waals surface area contributed by atoms with E-state index in [-0.39, 0.29) is 0 Å². The van der Waals surface area contributed by atoms with Crippen molar-refractivity contribution in [2.24, 2.45) is 4.99 Å². The largest absolute Gasteiger partial charge is 0.377 e. The number of rotatable bonds is 8. The maximum absolute atomic E-state index is 5.71. The number of hydrogen-bond acceptors (Lipinski definition) is 2. The molecule has 0 unspecified atom stereocenters. The summed E-state index contributed by atoms with van der Waals surface area (Å²) in [6.07, 6.45) is 5.13. The molecule has 0 aromatic heterocycles. The van der Waals surface area contributed by atoms with Crippen molar-refractivity contribution in [1.29, 1.82) is 0 Å². The maximum Gasteiger partial charge on any atom is 0.0716 e. The Balaban J connectivity index is 0. The van der Waals surface area contributed by atoms with Crippen molar-refractivity contribution in [1.82, 2.24) is 0 Å². The third kappa shape index (κ3) is 13.1. The summed E-state index contributed by atoms with van der Waals surface area (Å²) in [5.74, 6) is 0. The summed E-state index contributed by atoms with van der Waals surface area (Å²) in [5.41, 5.74) is 5.06. The van der Waals surface area contributed by atoms with E-state index in [0.717, 1.165) is 25.9 Å². The van der Waals surface area contributed by atoms with Crippen LogP contribution in [0.2, 0.25) is 0 Å². The molecule has 0 heterocycles. The number of aliphatic imine (C=N–C) groups is 1. The van der Waals surface area contributed by atoms with Crippen molar-refractivity contribution < 1.29 is 4.74 Å². The number of unbranched alkanes of at least 4 members (excludes halogenated alkanes) is 1. The standard InChI is InChI=1S/C18H27NO.2C2H6/c1-5-19-18(15(2)3)8-6-7-13-20-14-17-11-9-16(4)10-12-17;2*1-2/h5,9-12H,6-8,13-14H2,1-4H3;2*1-2H3. The van der Waals surface area contributed by atoms with Crippen LogP contribution in [0.3, 0.4) is 0 Å². The highest BCUT2D eigenvalue weighted by Crippen LogP contribution is 2.13. The van der Waals surface area contributed by atoms with Gasteiger partial charge in [0.1, 0.15) is 0 Å². The highest BCUT2D eigenvalue weighted by molar-refractivity contribution is 5.55. The van der Waals surface area contributed by atoms with Gasteiger partial charge in [-0.25, -0.2) is 0 Å². The molecule has 0 aliphatic heterocycles. The summed E-state index contributed by atoms with van der Waals surface area (Å²) in [6.45, 7) is 17.8. The lowest BCUT2D eigenvalue weighted by atomic mass is 10.1. The molecule has 0 aliphatic rings. The second kappa shape index (κ2) is 17.9. The van der Waals surface area contributed by atoms with Gasteiger partial charge in [-0.15, -0.1) is 0 Å². The first-order chi connectivity index (χ1) is 11.6. The van der Waals surface area contributed by atoms with E-state index in [1.54, 1.807) is 0 Å². The Kier molecular flexibility index (Phi) is 18.6. The van der Waals surface area contributed by atoms with Crippen LogP contribution in [0.4, 0.5) is 0 Å². The Morgan fingerprint density at radius 1 is 1.00 bits per heavy atom. The molecule has 2 nitrogen and oxygen atoms in total. The number of benzene rings is 1. The second-order valence-corrected chi connectivity index (χ2v) is 5.33. The zero-order chi connectivity index (χ0) is 18.8. The highest BCUT2D eigenvalue weighted by atomic mass is 16.5. The summed E-state index contributed by atoms with van der Waals surface area (Å²) in [6, 6.07) is 8.52. The zero-order valence-electron chi connectivity index (χ0n) is 17.3. The number of aryl methyl sites for hydroxylation is 1. The summed E-state index contributed by atoms with van der Waals surface area (Å²) >= 11 is 0. The molecular formula is C22H39NO. The molecule has 0 aliphatic carbocycles. The molecule has 24 heavy (non-hydrogen) atoms. The van der Waals surface area contributed by atoms with Gasteiger partial charge in [0.15, 0.2) is 0 Å². The normalized spacial score (nSPS) is 9.67. The Labute approximate surface area is 151 Å². The molecule has 0 fully saturated rings. The van der Waals surface area contributed by atoms with Crippen LogP contribution in [0, 0.1) is 6.92 Å². The minimum absolute atomic E-state index is 0.711. The minimum atomic E-state index is 0.711. The Morgan fingerprint density at radius 2 is 1.58 bits per heavy atom. The van der Waals surface area contributed by atoms with Crippen LogP contribution >= 0.6 is 0 Å². The van der Waals surface area contributed by atoms with Gasteiger partial charge in [0.2, 0.25) is 0 Å². The van der Waals surface area contributed by atoms with Gasteiger partial charge < -0.3 is 4.74 Å². The predicted octanol–water partition coefficient (Wildman–Crippen LogP) is 7.12. The monoisotopic (exact) mass is 333 g/mol. The van der Waals surface area contributed by atoms with E-state index in [4.69, 9.17) is 4.74 Å². The number of allylic oxidation sites excluding steroid dienone is 2. The molecule has 0 bridgehead atoms. The van der Waals surface area contributed by atoms with E-state index in [1.165, 1.54) is 22.4 Å². The average molecular weight is 334 g/mol. The summed E-state index contributed by atoms with van der Waals surface area (Å²) in [5, 5.41) is 0. The molecule has 0 atom stereocenters. The van der Waals surface area contributed by atoms with Gasteiger partial charge in [-0.1, -0.05) is 63.1 Å². The molecule has 2 heteroatoms. The minimum Gasteiger partial charge on any atom is -0.377 e. The topological polar surface area (TPSA) is 21.6 Å². The summed E-state index contributed by atoms with van der Waals surface area (Å²) in [4.78, 5) is 4.41. The molecule has 1 aromatic carbocycles. The molecule has 1 aromatic rings. The molecule has 0 spiro atoms. The Morgan fingerprint density at radius 3 is 2.08 bits per heavy atom. The predicted molar refractivity (Wildman–Crippen MR) is 110 cm³/mol. The molecule has 138 valence electrons. The van der Waals surface area contributed by atoms with Crippen LogP contribution in [-0.4, -0.2) is 12.8 Å². The second-order valence-electron chi connectivity index (χ2n) is 5.33. The van der Waals surface area contributed by atoms with E-state index in [2.05, 4.69) is 50.0 Å². The fraction of sp³-hybridized carbons (Fsp3) is 0.591. The van der Waals surface area contributed by atoms with Crippen molar-refractivity contribution in [3.63, 3.8) is 0 Å². The number of ether oxygens (including phenoxy) is 1. The average Bonchev–Trinajstić information content (AvgIpc) is 2.62. The van der Waals surface area contributed by atoms with Crippen molar-refractivity contribution >= 4 is 6.21 Å². The van der Waals surface area contributed by atoms with Gasteiger partial charge in [-0.3, -0.25) is 4.99 Å². The van der Waals surface area contributed by atoms with Crippen molar-refractivity contribution in [2.75, 3.05) is 6.61 Å². The molecule has 0 saturated carbocycles. The van der Waals surface area contributed by atoms with Gasteiger partial charge in [0.05, 0.1) is 6.61 Å². The van der Waals surface area contributed by atoms with Crippen LogP contribution in [0.15, 0.2) is 40.5 Å². The molecular weight excluding hydrogens is 294 g/mol. The highest BCUT2D eigenvalue weighted by Gasteiger charge is 1.98. The maximum atomic E-state index is 5.71. The van der Waals surface area contributed by atoms with Crippen molar-refractivity contribution in [3.05, 3.63) is 46.7 Å². The lowest BCUT2D eigenvalue weighted by Gasteiger charge is -2.06. The number of nitrogens with zero attached hydrogens (tertiary/aromatic N) is 1. The van der Waals surface area contributed by atoms with Gasteiger partial charge in [-0.05, 0) is 52.5 Å². The first-order valence-electron chi connectivity index (χ1n) is 9.41. The van der Waals surface area contributed by atoms with E-state index in [0.29, 0.717) is 6.61 Å². The molecule has 0 radical (unpaired) electrons. The smallest absolute Gasteiger partial charge is 0.0716 e. The van der Waals surface area contributed by atoms with E-state index < -0.39 is 0 Å².